The molecule has 1 amide bonds. The van der Waals surface area contributed by atoms with Crippen molar-refractivity contribution in [2.24, 2.45) is 4.99 Å². The van der Waals surface area contributed by atoms with Gasteiger partial charge < -0.3 is 29.5 Å². The molecule has 0 atom stereocenters. The van der Waals surface area contributed by atoms with Crippen LogP contribution in [0.15, 0.2) is 65.7 Å². The Labute approximate surface area is 233 Å². The van der Waals surface area contributed by atoms with Gasteiger partial charge in [-0.2, -0.15) is 0 Å². The predicted molar refractivity (Wildman–Crippen MR) is 159 cm³/mol. The molecule has 2 N–H and O–H groups in total. The van der Waals surface area contributed by atoms with Crippen LogP contribution in [0.1, 0.15) is 17.5 Å². The van der Waals surface area contributed by atoms with Crippen molar-refractivity contribution in [2.45, 2.75) is 6.42 Å². The maximum absolute atomic E-state index is 12.6. The fraction of sp³-hybridized carbons (Fsp3) is 0.267. The highest BCUT2D eigenvalue weighted by Gasteiger charge is 2.22. The van der Waals surface area contributed by atoms with E-state index in [1.165, 1.54) is 0 Å². The number of benzene rings is 3. The fourth-order valence-corrected chi connectivity index (χ4v) is 4.85. The highest BCUT2D eigenvalue weighted by Crippen LogP contribution is 2.36. The molecular weight excluding hydrogens is 514 g/mol. The van der Waals surface area contributed by atoms with Crippen molar-refractivity contribution >= 4 is 51.2 Å². The average Bonchev–Trinajstić information content (AvgIpc) is 3.24. The molecule has 5 rings (SSSR count). The number of carbonyl (C=O) groups excluding carboxylic acids is 1. The molecule has 0 aliphatic carbocycles. The van der Waals surface area contributed by atoms with Crippen molar-refractivity contribution in [3.05, 3.63) is 76.8 Å². The number of ether oxygens (including phenoxy) is 1. The number of aromatic hydroxyl groups is 1. The number of hydrogen-bond acceptors (Lipinski definition) is 6. The Morgan fingerprint density at radius 1 is 1.10 bits per heavy atom. The first-order valence-electron chi connectivity index (χ1n) is 12.8. The SMILES string of the molecule is CN(C)CCC(=O)N(C)c1ccc(N=C(c2ccc3c(c2)OCCN3C)c2c(O)[nH]c3cc(Cl)ccc23)cc1. The predicted octanol–water partition coefficient (Wildman–Crippen LogP) is 5.44. The Morgan fingerprint density at radius 3 is 2.62 bits per heavy atom. The lowest BCUT2D eigenvalue weighted by Crippen LogP contribution is -2.29. The van der Waals surface area contributed by atoms with Crippen LogP contribution < -0.4 is 14.5 Å². The summed E-state index contributed by atoms with van der Waals surface area (Å²) in [6, 6.07) is 18.9. The maximum Gasteiger partial charge on any atom is 0.228 e. The number of rotatable bonds is 7. The number of nitrogens with zero attached hydrogens (tertiary/aromatic N) is 4. The first-order chi connectivity index (χ1) is 18.7. The van der Waals surface area contributed by atoms with Gasteiger partial charge in [-0.3, -0.25) is 4.79 Å². The number of aromatic amines is 1. The first kappa shape index (κ1) is 26.6. The van der Waals surface area contributed by atoms with Crippen molar-refractivity contribution in [1.29, 1.82) is 0 Å². The Bertz CT molecular complexity index is 1540. The molecule has 9 heteroatoms. The molecule has 8 nitrogen and oxygen atoms in total. The number of likely N-dealkylation sites (N-methyl/N-ethyl adjacent to an activating group) is 1. The molecule has 3 aromatic carbocycles. The van der Waals surface area contributed by atoms with E-state index in [2.05, 4.69) is 9.88 Å². The molecule has 1 aliphatic rings. The van der Waals surface area contributed by atoms with E-state index in [-0.39, 0.29) is 11.8 Å². The van der Waals surface area contributed by atoms with E-state index in [0.29, 0.717) is 47.1 Å². The first-order valence-corrected chi connectivity index (χ1v) is 13.2. The molecule has 0 radical (unpaired) electrons. The Hall–Kier alpha value is -4.01. The summed E-state index contributed by atoms with van der Waals surface area (Å²) in [4.78, 5) is 26.4. The standard InChI is InChI=1S/C30H32ClN5O3/c1-34(2)14-13-27(37)36(4)22-9-7-21(8-10-22)32-29(19-5-12-25-26(17-19)39-16-15-35(25)3)28-23-11-6-20(31)18-24(23)33-30(28)38/h5-12,17-18,33,38H,13-16H2,1-4H3. The van der Waals surface area contributed by atoms with Crippen LogP contribution >= 0.6 is 11.6 Å². The number of H-pyrrole nitrogens is 1. The van der Waals surface area contributed by atoms with Gasteiger partial charge in [-0.1, -0.05) is 23.7 Å². The van der Waals surface area contributed by atoms with Crippen molar-refractivity contribution in [3.8, 4) is 11.6 Å². The maximum atomic E-state index is 12.6. The highest BCUT2D eigenvalue weighted by atomic mass is 35.5. The number of aromatic nitrogens is 1. The van der Waals surface area contributed by atoms with Gasteiger partial charge in [0.1, 0.15) is 12.4 Å². The third kappa shape index (κ3) is 5.57. The van der Waals surface area contributed by atoms with Gasteiger partial charge in [0.25, 0.3) is 0 Å². The molecule has 1 aliphatic heterocycles. The molecular formula is C30H32ClN5O3. The molecule has 0 fully saturated rings. The Kier molecular flexibility index (Phi) is 7.50. The van der Waals surface area contributed by atoms with Crippen LogP contribution in [0.5, 0.6) is 11.6 Å². The topological polar surface area (TPSA) is 84.4 Å². The lowest BCUT2D eigenvalue weighted by molar-refractivity contribution is -0.118. The van der Waals surface area contributed by atoms with Gasteiger partial charge in [0.15, 0.2) is 5.88 Å². The molecule has 0 saturated carbocycles. The van der Waals surface area contributed by atoms with Gasteiger partial charge in [0, 0.05) is 48.7 Å². The minimum atomic E-state index is 0.00427. The number of amides is 1. The fourth-order valence-electron chi connectivity index (χ4n) is 4.68. The number of nitrogens with one attached hydrogen (secondary N) is 1. The minimum absolute atomic E-state index is 0.00427. The molecule has 39 heavy (non-hydrogen) atoms. The lowest BCUT2D eigenvalue weighted by Gasteiger charge is -2.28. The molecule has 1 aromatic heterocycles. The van der Waals surface area contributed by atoms with E-state index < -0.39 is 0 Å². The van der Waals surface area contributed by atoms with Crippen LogP contribution in [-0.2, 0) is 4.79 Å². The summed E-state index contributed by atoms with van der Waals surface area (Å²) in [5.74, 6) is 0.816. The lowest BCUT2D eigenvalue weighted by atomic mass is 9.99. The van der Waals surface area contributed by atoms with Crippen molar-refractivity contribution in [3.63, 3.8) is 0 Å². The number of aliphatic imine (C=N–C) groups is 1. The second-order valence-electron chi connectivity index (χ2n) is 9.97. The van der Waals surface area contributed by atoms with Crippen LogP contribution in [-0.4, -0.2) is 74.5 Å². The van der Waals surface area contributed by atoms with E-state index >= 15 is 0 Å². The third-order valence-electron chi connectivity index (χ3n) is 6.93. The monoisotopic (exact) mass is 545 g/mol. The third-order valence-corrected chi connectivity index (χ3v) is 7.17. The van der Waals surface area contributed by atoms with E-state index in [4.69, 9.17) is 21.3 Å². The van der Waals surface area contributed by atoms with Crippen molar-refractivity contribution < 1.29 is 14.6 Å². The van der Waals surface area contributed by atoms with E-state index in [9.17, 15) is 9.90 Å². The minimum Gasteiger partial charge on any atom is -0.494 e. The van der Waals surface area contributed by atoms with E-state index in [0.717, 1.165) is 34.6 Å². The number of anilines is 2. The zero-order chi connectivity index (χ0) is 27.7. The van der Waals surface area contributed by atoms with Gasteiger partial charge in [-0.05, 0) is 62.6 Å². The normalized spacial score (nSPS) is 13.5. The van der Waals surface area contributed by atoms with Crippen LogP contribution in [0.4, 0.5) is 17.1 Å². The quantitative estimate of drug-likeness (QED) is 0.302. The largest absolute Gasteiger partial charge is 0.494 e. The molecule has 0 unspecified atom stereocenters. The summed E-state index contributed by atoms with van der Waals surface area (Å²) >= 11 is 6.21. The summed E-state index contributed by atoms with van der Waals surface area (Å²) in [7, 11) is 7.71. The number of carbonyl (C=O) groups is 1. The van der Waals surface area contributed by atoms with Gasteiger partial charge in [-0.25, -0.2) is 4.99 Å². The van der Waals surface area contributed by atoms with E-state index in [1.54, 1.807) is 24.1 Å². The van der Waals surface area contributed by atoms with E-state index in [1.807, 2.05) is 74.6 Å². The van der Waals surface area contributed by atoms with Gasteiger partial charge >= 0.3 is 0 Å². The van der Waals surface area contributed by atoms with Gasteiger partial charge in [0.05, 0.1) is 34.7 Å². The van der Waals surface area contributed by atoms with Gasteiger partial charge in [0.2, 0.25) is 5.91 Å². The highest BCUT2D eigenvalue weighted by molar-refractivity contribution is 6.31. The second-order valence-corrected chi connectivity index (χ2v) is 10.4. The van der Waals surface area contributed by atoms with Crippen LogP contribution in [0.2, 0.25) is 5.02 Å². The van der Waals surface area contributed by atoms with Crippen molar-refractivity contribution in [2.75, 3.05) is 57.7 Å². The summed E-state index contributed by atoms with van der Waals surface area (Å²) in [6.07, 6.45) is 0.437. The number of hydrogen-bond donors (Lipinski definition) is 2. The van der Waals surface area contributed by atoms with Crippen LogP contribution in [0.3, 0.4) is 0 Å². The number of halogens is 1. The van der Waals surface area contributed by atoms with Crippen molar-refractivity contribution in [1.82, 2.24) is 9.88 Å². The second kappa shape index (κ2) is 11.0. The molecule has 4 aromatic rings. The zero-order valence-corrected chi connectivity index (χ0v) is 23.3. The smallest absolute Gasteiger partial charge is 0.228 e. The molecule has 2 heterocycles. The molecule has 0 saturated heterocycles. The summed E-state index contributed by atoms with van der Waals surface area (Å²) in [6.45, 7) is 2.10. The molecule has 202 valence electrons. The Balaban J connectivity index is 1.57. The molecule has 0 bridgehead atoms. The van der Waals surface area contributed by atoms with Gasteiger partial charge in [-0.15, -0.1) is 0 Å². The Morgan fingerprint density at radius 2 is 1.87 bits per heavy atom. The average molecular weight is 546 g/mol. The van der Waals surface area contributed by atoms with Crippen LogP contribution in [0, 0.1) is 0 Å². The summed E-state index contributed by atoms with van der Waals surface area (Å²) in [5, 5.41) is 12.4. The zero-order valence-electron chi connectivity index (χ0n) is 22.5. The number of fused-ring (bicyclic) bond motifs is 2. The van der Waals surface area contributed by atoms with Crippen LogP contribution in [0.25, 0.3) is 10.9 Å². The summed E-state index contributed by atoms with van der Waals surface area (Å²) in [5.41, 5.74) is 5.15. The summed E-state index contributed by atoms with van der Waals surface area (Å²) < 4.78 is 5.96. The molecule has 0 spiro atoms.